The van der Waals surface area contributed by atoms with Crippen LogP contribution in [0, 0.1) is 6.92 Å². The Kier molecular flexibility index (Phi) is 5.26. The Labute approximate surface area is 151 Å². The van der Waals surface area contributed by atoms with Gasteiger partial charge in [-0.25, -0.2) is 9.97 Å². The van der Waals surface area contributed by atoms with E-state index in [1.807, 2.05) is 43.3 Å². The van der Waals surface area contributed by atoms with Crippen molar-refractivity contribution in [3.05, 3.63) is 82.6 Å². The molecule has 0 aliphatic heterocycles. The first-order valence-corrected chi connectivity index (χ1v) is 8.17. The first-order valence-electron chi connectivity index (χ1n) is 7.79. The topological polar surface area (TPSA) is 66.9 Å². The molecule has 3 aromatic rings. The number of carbonyl (C=O) groups excluding carboxylic acids is 1. The summed E-state index contributed by atoms with van der Waals surface area (Å²) in [6.45, 7) is 2.47. The van der Waals surface area contributed by atoms with Crippen molar-refractivity contribution in [3.8, 4) is 0 Å². The molecular formula is C19H17ClN4O. The number of benzene rings is 2. The van der Waals surface area contributed by atoms with Crippen molar-refractivity contribution in [2.75, 3.05) is 5.32 Å². The van der Waals surface area contributed by atoms with Gasteiger partial charge in [-0.15, -0.1) is 0 Å². The van der Waals surface area contributed by atoms with Crippen LogP contribution in [0.3, 0.4) is 0 Å². The third-order valence-corrected chi connectivity index (χ3v) is 3.78. The number of hydrogen-bond acceptors (Lipinski definition) is 4. The minimum atomic E-state index is -0.247. The molecule has 0 atom stereocenters. The zero-order valence-electron chi connectivity index (χ0n) is 13.7. The lowest BCUT2D eigenvalue weighted by Gasteiger charge is -2.08. The molecule has 2 N–H and O–H groups in total. The summed E-state index contributed by atoms with van der Waals surface area (Å²) < 4.78 is 0. The van der Waals surface area contributed by atoms with Gasteiger partial charge in [0.2, 0.25) is 5.95 Å². The number of aromatic nitrogens is 2. The molecule has 0 bridgehead atoms. The van der Waals surface area contributed by atoms with Crippen LogP contribution in [0.5, 0.6) is 0 Å². The molecule has 0 saturated carbocycles. The number of nitrogens with one attached hydrogen (secondary N) is 2. The molecule has 3 rings (SSSR count). The Bertz CT molecular complexity index is 881. The summed E-state index contributed by atoms with van der Waals surface area (Å²) in [6, 6.07) is 16.7. The van der Waals surface area contributed by atoms with Gasteiger partial charge in [0, 0.05) is 23.5 Å². The van der Waals surface area contributed by atoms with Gasteiger partial charge in [-0.3, -0.25) is 4.79 Å². The van der Waals surface area contributed by atoms with Gasteiger partial charge in [0.15, 0.2) is 0 Å². The zero-order chi connectivity index (χ0) is 17.6. The van der Waals surface area contributed by atoms with Crippen molar-refractivity contribution >= 4 is 29.1 Å². The summed E-state index contributed by atoms with van der Waals surface area (Å²) in [7, 11) is 0. The lowest BCUT2D eigenvalue weighted by Crippen LogP contribution is -2.24. The lowest BCUT2D eigenvalue weighted by molar-refractivity contribution is 0.0946. The number of anilines is 2. The quantitative estimate of drug-likeness (QED) is 0.725. The van der Waals surface area contributed by atoms with Gasteiger partial charge in [-0.2, -0.15) is 0 Å². The average molecular weight is 353 g/mol. The van der Waals surface area contributed by atoms with E-state index in [9.17, 15) is 4.79 Å². The summed E-state index contributed by atoms with van der Waals surface area (Å²) in [6.07, 6.45) is 1.55. The number of nitrogens with zero attached hydrogens (tertiary/aromatic N) is 2. The highest BCUT2D eigenvalue weighted by atomic mass is 35.5. The maximum Gasteiger partial charge on any atom is 0.270 e. The molecule has 126 valence electrons. The van der Waals surface area contributed by atoms with Crippen LogP contribution < -0.4 is 10.6 Å². The van der Waals surface area contributed by atoms with Gasteiger partial charge in [0.25, 0.3) is 5.91 Å². The van der Waals surface area contributed by atoms with E-state index in [2.05, 4.69) is 20.6 Å². The summed E-state index contributed by atoms with van der Waals surface area (Å²) in [5.41, 5.74) is 3.30. The summed E-state index contributed by atoms with van der Waals surface area (Å²) in [5, 5.41) is 6.56. The van der Waals surface area contributed by atoms with Crippen LogP contribution in [-0.2, 0) is 6.54 Å². The van der Waals surface area contributed by atoms with Gasteiger partial charge < -0.3 is 10.6 Å². The number of amides is 1. The molecule has 0 radical (unpaired) electrons. The summed E-state index contributed by atoms with van der Waals surface area (Å²) in [5.74, 6) is 0.105. The van der Waals surface area contributed by atoms with Gasteiger partial charge in [-0.1, -0.05) is 41.4 Å². The molecule has 2 aromatic carbocycles. The Morgan fingerprint density at radius 3 is 2.68 bits per heavy atom. The minimum absolute atomic E-state index is 0.247. The molecule has 6 heteroatoms. The van der Waals surface area contributed by atoms with E-state index in [0.29, 0.717) is 23.2 Å². The first kappa shape index (κ1) is 16.9. The second-order valence-corrected chi connectivity index (χ2v) is 6.01. The fourth-order valence-electron chi connectivity index (χ4n) is 2.30. The molecule has 25 heavy (non-hydrogen) atoms. The third kappa shape index (κ3) is 4.78. The number of carbonyl (C=O) groups is 1. The molecule has 0 saturated heterocycles. The number of hydrogen-bond donors (Lipinski definition) is 2. The molecular weight excluding hydrogens is 336 g/mol. The highest BCUT2D eigenvalue weighted by Crippen LogP contribution is 2.16. The van der Waals surface area contributed by atoms with Gasteiger partial charge in [0.05, 0.1) is 0 Å². The highest BCUT2D eigenvalue weighted by Gasteiger charge is 2.09. The SMILES string of the molecule is Cc1cccc(CNC(=O)c2ccnc(Nc3ccc(Cl)cc3)n2)c1. The van der Waals surface area contributed by atoms with Crippen molar-refractivity contribution in [1.29, 1.82) is 0 Å². The molecule has 1 amide bonds. The zero-order valence-corrected chi connectivity index (χ0v) is 14.4. The number of aryl methyl sites for hydroxylation is 1. The molecule has 5 nitrogen and oxygen atoms in total. The van der Waals surface area contributed by atoms with Crippen LogP contribution in [0.1, 0.15) is 21.6 Å². The van der Waals surface area contributed by atoms with Crippen molar-refractivity contribution in [2.45, 2.75) is 13.5 Å². The molecule has 0 aliphatic rings. The van der Waals surface area contributed by atoms with Crippen molar-refractivity contribution in [2.24, 2.45) is 0 Å². The van der Waals surface area contributed by atoms with Crippen LogP contribution in [0.2, 0.25) is 5.02 Å². The van der Waals surface area contributed by atoms with Crippen molar-refractivity contribution in [3.63, 3.8) is 0 Å². The molecule has 0 fully saturated rings. The molecule has 0 aliphatic carbocycles. The number of halogens is 1. The minimum Gasteiger partial charge on any atom is -0.347 e. The Morgan fingerprint density at radius 2 is 1.92 bits per heavy atom. The van der Waals surface area contributed by atoms with Gasteiger partial charge in [-0.05, 0) is 42.8 Å². The Hall–Kier alpha value is -2.92. The maximum atomic E-state index is 12.3. The molecule has 0 unspecified atom stereocenters. The van der Waals surface area contributed by atoms with Crippen LogP contribution in [0.4, 0.5) is 11.6 Å². The second kappa shape index (κ2) is 7.77. The maximum absolute atomic E-state index is 12.3. The second-order valence-electron chi connectivity index (χ2n) is 5.57. The van der Waals surface area contributed by atoms with E-state index in [1.165, 1.54) is 0 Å². The van der Waals surface area contributed by atoms with Crippen LogP contribution in [0.25, 0.3) is 0 Å². The predicted octanol–water partition coefficient (Wildman–Crippen LogP) is 4.11. The monoisotopic (exact) mass is 352 g/mol. The molecule has 0 spiro atoms. The third-order valence-electron chi connectivity index (χ3n) is 3.52. The average Bonchev–Trinajstić information content (AvgIpc) is 2.62. The van der Waals surface area contributed by atoms with Crippen molar-refractivity contribution in [1.82, 2.24) is 15.3 Å². The Balaban J connectivity index is 1.65. The Morgan fingerprint density at radius 1 is 1.12 bits per heavy atom. The summed E-state index contributed by atoms with van der Waals surface area (Å²) >= 11 is 5.86. The van der Waals surface area contributed by atoms with E-state index in [4.69, 9.17) is 11.6 Å². The van der Waals surface area contributed by atoms with E-state index in [0.717, 1.165) is 16.8 Å². The van der Waals surface area contributed by atoms with Crippen LogP contribution >= 0.6 is 11.6 Å². The first-order chi connectivity index (χ1) is 12.1. The van der Waals surface area contributed by atoms with E-state index in [1.54, 1.807) is 24.4 Å². The lowest BCUT2D eigenvalue weighted by atomic mass is 10.1. The van der Waals surface area contributed by atoms with Crippen LogP contribution in [0.15, 0.2) is 60.8 Å². The molecule has 1 heterocycles. The predicted molar refractivity (Wildman–Crippen MR) is 99.1 cm³/mol. The standard InChI is InChI=1S/C19H17ClN4O/c1-13-3-2-4-14(11-13)12-22-18(25)17-9-10-21-19(24-17)23-16-7-5-15(20)6-8-16/h2-11H,12H2,1H3,(H,22,25)(H,21,23,24). The van der Waals surface area contributed by atoms with E-state index < -0.39 is 0 Å². The largest absolute Gasteiger partial charge is 0.347 e. The van der Waals surface area contributed by atoms with E-state index in [-0.39, 0.29) is 5.91 Å². The normalized spacial score (nSPS) is 10.3. The number of rotatable bonds is 5. The highest BCUT2D eigenvalue weighted by molar-refractivity contribution is 6.30. The summed E-state index contributed by atoms with van der Waals surface area (Å²) in [4.78, 5) is 20.7. The van der Waals surface area contributed by atoms with Gasteiger partial charge in [0.1, 0.15) is 5.69 Å². The van der Waals surface area contributed by atoms with Crippen LogP contribution in [-0.4, -0.2) is 15.9 Å². The fourth-order valence-corrected chi connectivity index (χ4v) is 2.43. The molecule has 1 aromatic heterocycles. The van der Waals surface area contributed by atoms with E-state index >= 15 is 0 Å². The van der Waals surface area contributed by atoms with Crippen molar-refractivity contribution < 1.29 is 4.79 Å². The fraction of sp³-hybridized carbons (Fsp3) is 0.105. The van der Waals surface area contributed by atoms with Gasteiger partial charge >= 0.3 is 0 Å². The smallest absolute Gasteiger partial charge is 0.270 e.